The van der Waals surface area contributed by atoms with E-state index >= 15 is 0 Å². The highest BCUT2D eigenvalue weighted by Gasteiger charge is 1.97. The summed E-state index contributed by atoms with van der Waals surface area (Å²) in [6.07, 6.45) is 8.02. The van der Waals surface area contributed by atoms with Gasteiger partial charge in [0.25, 0.3) is 0 Å². The van der Waals surface area contributed by atoms with Crippen LogP contribution in [0.25, 0.3) is 0 Å². The number of hydrogen-bond acceptors (Lipinski definition) is 1. The molecule has 0 unspecified atom stereocenters. The molecule has 0 radical (unpaired) electrons. The van der Waals surface area contributed by atoms with Crippen LogP contribution in [0.1, 0.15) is 17.5 Å². The van der Waals surface area contributed by atoms with Gasteiger partial charge in [-0.15, -0.1) is 0 Å². The Balaban J connectivity index is 1.86. The zero-order valence-electron chi connectivity index (χ0n) is 9.06. The third kappa shape index (κ3) is 2.69. The lowest BCUT2D eigenvalue weighted by molar-refractivity contribution is 0.641. The van der Waals surface area contributed by atoms with Gasteiger partial charge in [-0.05, 0) is 30.9 Å². The zero-order valence-corrected chi connectivity index (χ0v) is 9.06. The molecular formula is C13H16N2. The number of aryl methyl sites for hydroxylation is 3. The minimum atomic E-state index is 1.05. The first-order valence-electron chi connectivity index (χ1n) is 5.36. The first kappa shape index (κ1) is 9.97. The highest BCUT2D eigenvalue weighted by molar-refractivity contribution is 5.25. The fraction of sp³-hybridized carbons (Fsp3) is 0.308. The van der Waals surface area contributed by atoms with Crippen molar-refractivity contribution in [3.63, 3.8) is 0 Å². The summed E-state index contributed by atoms with van der Waals surface area (Å²) in [7, 11) is 0. The molecule has 0 aliphatic heterocycles. The van der Waals surface area contributed by atoms with Gasteiger partial charge in [0.2, 0.25) is 0 Å². The van der Waals surface area contributed by atoms with Crippen LogP contribution in [-0.4, -0.2) is 9.55 Å². The van der Waals surface area contributed by atoms with Crippen molar-refractivity contribution in [1.29, 1.82) is 0 Å². The van der Waals surface area contributed by atoms with E-state index in [9.17, 15) is 0 Å². The molecule has 2 rings (SSSR count). The van der Waals surface area contributed by atoms with Gasteiger partial charge in [0, 0.05) is 18.9 Å². The monoisotopic (exact) mass is 200 g/mol. The minimum Gasteiger partial charge on any atom is -0.337 e. The smallest absolute Gasteiger partial charge is 0.0945 e. The average molecular weight is 200 g/mol. The number of nitrogens with zero attached hydrogens (tertiary/aromatic N) is 2. The molecule has 2 heteroatoms. The highest BCUT2D eigenvalue weighted by atomic mass is 15.0. The summed E-state index contributed by atoms with van der Waals surface area (Å²) in [5.74, 6) is 0. The molecule has 0 aliphatic rings. The zero-order chi connectivity index (χ0) is 10.5. The van der Waals surface area contributed by atoms with E-state index in [1.165, 1.54) is 17.5 Å². The van der Waals surface area contributed by atoms with E-state index in [-0.39, 0.29) is 0 Å². The van der Waals surface area contributed by atoms with Gasteiger partial charge < -0.3 is 4.57 Å². The number of aromatic nitrogens is 2. The third-order valence-corrected chi connectivity index (χ3v) is 2.68. The maximum absolute atomic E-state index is 4.03. The molecule has 0 aliphatic carbocycles. The second-order valence-electron chi connectivity index (χ2n) is 3.83. The largest absolute Gasteiger partial charge is 0.337 e. The summed E-state index contributed by atoms with van der Waals surface area (Å²) >= 11 is 0. The Hall–Kier alpha value is -1.57. The lowest BCUT2D eigenvalue weighted by Crippen LogP contribution is -1.97. The SMILES string of the molecule is Cc1ccccc1CCCn1ccnc1. The molecule has 1 heterocycles. The summed E-state index contributed by atoms with van der Waals surface area (Å²) in [4.78, 5) is 4.03. The van der Waals surface area contributed by atoms with Crippen molar-refractivity contribution in [1.82, 2.24) is 9.55 Å². The maximum Gasteiger partial charge on any atom is 0.0945 e. The second kappa shape index (κ2) is 4.78. The molecule has 0 amide bonds. The molecular weight excluding hydrogens is 184 g/mol. The molecule has 0 bridgehead atoms. The average Bonchev–Trinajstić information content (AvgIpc) is 2.74. The van der Waals surface area contributed by atoms with Gasteiger partial charge in [-0.1, -0.05) is 24.3 Å². The first-order chi connectivity index (χ1) is 7.36. The van der Waals surface area contributed by atoms with Crippen LogP contribution in [0.15, 0.2) is 43.0 Å². The lowest BCUT2D eigenvalue weighted by Gasteiger charge is -2.05. The quantitative estimate of drug-likeness (QED) is 0.742. The Morgan fingerprint density at radius 1 is 1.27 bits per heavy atom. The minimum absolute atomic E-state index is 1.05. The van der Waals surface area contributed by atoms with E-state index in [1.54, 1.807) is 0 Å². The normalized spacial score (nSPS) is 10.5. The van der Waals surface area contributed by atoms with Gasteiger partial charge in [0.05, 0.1) is 6.33 Å². The summed E-state index contributed by atoms with van der Waals surface area (Å²) in [6.45, 7) is 3.22. The Labute approximate surface area is 90.6 Å². The third-order valence-electron chi connectivity index (χ3n) is 2.68. The van der Waals surface area contributed by atoms with E-state index in [0.29, 0.717) is 0 Å². The van der Waals surface area contributed by atoms with Crippen molar-refractivity contribution in [2.75, 3.05) is 0 Å². The molecule has 0 atom stereocenters. The standard InChI is InChI=1S/C13H16N2/c1-12-5-2-3-6-13(12)7-4-9-15-10-8-14-11-15/h2-3,5-6,8,10-11H,4,7,9H2,1H3. The number of benzene rings is 1. The topological polar surface area (TPSA) is 17.8 Å². The van der Waals surface area contributed by atoms with E-state index in [1.807, 2.05) is 18.7 Å². The maximum atomic E-state index is 4.03. The molecule has 2 nitrogen and oxygen atoms in total. The predicted octanol–water partition coefficient (Wildman–Crippen LogP) is 2.82. The lowest BCUT2D eigenvalue weighted by atomic mass is 10.0. The van der Waals surface area contributed by atoms with Crippen LogP contribution in [0.3, 0.4) is 0 Å². The van der Waals surface area contributed by atoms with E-state index in [2.05, 4.69) is 40.7 Å². The van der Waals surface area contributed by atoms with Crippen molar-refractivity contribution >= 4 is 0 Å². The van der Waals surface area contributed by atoms with Crippen LogP contribution in [0, 0.1) is 6.92 Å². The van der Waals surface area contributed by atoms with Crippen molar-refractivity contribution in [2.45, 2.75) is 26.3 Å². The summed E-state index contributed by atoms with van der Waals surface area (Å²) in [5.41, 5.74) is 2.85. The van der Waals surface area contributed by atoms with Gasteiger partial charge in [0.15, 0.2) is 0 Å². The summed E-state index contributed by atoms with van der Waals surface area (Å²) in [5, 5.41) is 0. The van der Waals surface area contributed by atoms with E-state index < -0.39 is 0 Å². The number of hydrogen-bond donors (Lipinski definition) is 0. The molecule has 0 saturated carbocycles. The van der Waals surface area contributed by atoms with Crippen molar-refractivity contribution in [3.8, 4) is 0 Å². The Kier molecular flexibility index (Phi) is 3.18. The van der Waals surface area contributed by atoms with Crippen molar-refractivity contribution in [2.24, 2.45) is 0 Å². The Morgan fingerprint density at radius 3 is 2.87 bits per heavy atom. The van der Waals surface area contributed by atoms with Crippen LogP contribution in [0.2, 0.25) is 0 Å². The van der Waals surface area contributed by atoms with Gasteiger partial charge in [-0.3, -0.25) is 0 Å². The molecule has 1 aromatic carbocycles. The van der Waals surface area contributed by atoms with Gasteiger partial charge in [0.1, 0.15) is 0 Å². The van der Waals surface area contributed by atoms with Gasteiger partial charge >= 0.3 is 0 Å². The summed E-state index contributed by atoms with van der Waals surface area (Å²) in [6, 6.07) is 8.59. The fourth-order valence-corrected chi connectivity index (χ4v) is 1.76. The van der Waals surface area contributed by atoms with Crippen LogP contribution < -0.4 is 0 Å². The number of imidazole rings is 1. The molecule has 2 aromatic rings. The van der Waals surface area contributed by atoms with Crippen LogP contribution in [0.5, 0.6) is 0 Å². The molecule has 1 aromatic heterocycles. The molecule has 0 N–H and O–H groups in total. The van der Waals surface area contributed by atoms with E-state index in [0.717, 1.165) is 13.0 Å². The van der Waals surface area contributed by atoms with Crippen LogP contribution in [0.4, 0.5) is 0 Å². The van der Waals surface area contributed by atoms with E-state index in [4.69, 9.17) is 0 Å². The molecule has 0 spiro atoms. The van der Waals surface area contributed by atoms with Crippen molar-refractivity contribution < 1.29 is 0 Å². The Morgan fingerprint density at radius 2 is 2.13 bits per heavy atom. The van der Waals surface area contributed by atoms with Crippen molar-refractivity contribution in [3.05, 3.63) is 54.1 Å². The van der Waals surface area contributed by atoms with Gasteiger partial charge in [-0.2, -0.15) is 0 Å². The predicted molar refractivity (Wildman–Crippen MR) is 61.7 cm³/mol. The molecule has 78 valence electrons. The van der Waals surface area contributed by atoms with Crippen LogP contribution in [-0.2, 0) is 13.0 Å². The first-order valence-corrected chi connectivity index (χ1v) is 5.36. The summed E-state index contributed by atoms with van der Waals surface area (Å²) < 4.78 is 2.12. The van der Waals surface area contributed by atoms with Gasteiger partial charge in [-0.25, -0.2) is 4.98 Å². The Bertz CT molecular complexity index is 404. The van der Waals surface area contributed by atoms with Crippen LogP contribution >= 0.6 is 0 Å². The number of rotatable bonds is 4. The molecule has 15 heavy (non-hydrogen) atoms. The molecule has 0 saturated heterocycles. The molecule has 0 fully saturated rings. The second-order valence-corrected chi connectivity index (χ2v) is 3.83. The fourth-order valence-electron chi connectivity index (χ4n) is 1.76. The highest BCUT2D eigenvalue weighted by Crippen LogP contribution is 2.09.